The summed E-state index contributed by atoms with van der Waals surface area (Å²) in [6.45, 7) is 0.703. The molecule has 0 saturated heterocycles. The first-order valence-electron chi connectivity index (χ1n) is 6.46. The molecule has 2 aromatic rings. The van der Waals surface area contributed by atoms with Crippen LogP contribution in [0.4, 0.5) is 4.39 Å². The number of hydrogen-bond donors (Lipinski definition) is 1. The molecule has 1 aliphatic rings. The lowest BCUT2D eigenvalue weighted by Gasteiger charge is -2.12. The molecular weight excluding hydrogens is 305 g/mol. The molecule has 98 valence electrons. The second-order valence-corrected chi connectivity index (χ2v) is 5.95. The molecule has 1 N–H and O–H groups in total. The zero-order valence-electron chi connectivity index (χ0n) is 10.5. The summed E-state index contributed by atoms with van der Waals surface area (Å²) in [7, 11) is 0. The molecule has 0 unspecified atom stereocenters. The Bertz CT molecular complexity index is 552. The average Bonchev–Trinajstić information content (AvgIpc) is 2.78. The fraction of sp³-hybridized carbons (Fsp3) is 0.250. The van der Waals surface area contributed by atoms with Crippen LogP contribution in [0.3, 0.4) is 0 Å². The molecular formula is C16H15BrFN. The maximum Gasteiger partial charge on any atom is 0.124 e. The van der Waals surface area contributed by atoms with Gasteiger partial charge < -0.3 is 5.32 Å². The molecule has 2 aromatic carbocycles. The van der Waals surface area contributed by atoms with Gasteiger partial charge in [0.25, 0.3) is 0 Å². The van der Waals surface area contributed by atoms with Crippen molar-refractivity contribution in [2.75, 3.05) is 0 Å². The summed E-state index contributed by atoms with van der Waals surface area (Å²) in [5.41, 5.74) is 3.84. The molecule has 0 bridgehead atoms. The fourth-order valence-corrected chi connectivity index (χ4v) is 3.19. The van der Waals surface area contributed by atoms with Gasteiger partial charge in [-0.15, -0.1) is 0 Å². The Morgan fingerprint density at radius 2 is 1.79 bits per heavy atom. The van der Waals surface area contributed by atoms with Gasteiger partial charge in [-0.2, -0.15) is 0 Å². The van der Waals surface area contributed by atoms with Crippen LogP contribution in [0, 0.1) is 5.82 Å². The van der Waals surface area contributed by atoms with E-state index in [2.05, 4.69) is 45.5 Å². The standard InChI is InChI=1S/C16H15BrFN/c17-14-5-11(6-15(18)9-14)10-19-16-7-12-3-1-2-4-13(12)8-16/h1-6,9,16,19H,7-8,10H2. The number of halogens is 2. The molecule has 0 atom stereocenters. The van der Waals surface area contributed by atoms with E-state index in [9.17, 15) is 4.39 Å². The van der Waals surface area contributed by atoms with E-state index in [4.69, 9.17) is 0 Å². The second kappa shape index (κ2) is 5.43. The fourth-order valence-electron chi connectivity index (χ4n) is 2.68. The summed E-state index contributed by atoms with van der Waals surface area (Å²) in [6.07, 6.45) is 2.12. The van der Waals surface area contributed by atoms with Crippen molar-refractivity contribution in [3.63, 3.8) is 0 Å². The second-order valence-electron chi connectivity index (χ2n) is 5.03. The Labute approximate surface area is 121 Å². The predicted molar refractivity (Wildman–Crippen MR) is 78.6 cm³/mol. The minimum Gasteiger partial charge on any atom is -0.309 e. The topological polar surface area (TPSA) is 12.0 Å². The quantitative estimate of drug-likeness (QED) is 0.906. The molecule has 0 aromatic heterocycles. The molecule has 0 saturated carbocycles. The van der Waals surface area contributed by atoms with E-state index in [0.717, 1.165) is 22.9 Å². The molecule has 0 aliphatic heterocycles. The number of benzene rings is 2. The lowest BCUT2D eigenvalue weighted by Crippen LogP contribution is -2.28. The molecule has 3 rings (SSSR count). The summed E-state index contributed by atoms with van der Waals surface area (Å²) >= 11 is 3.32. The molecule has 3 heteroatoms. The van der Waals surface area contributed by atoms with E-state index >= 15 is 0 Å². The van der Waals surface area contributed by atoms with Crippen LogP contribution in [-0.4, -0.2) is 6.04 Å². The lowest BCUT2D eigenvalue weighted by molar-refractivity contribution is 0.530. The zero-order valence-corrected chi connectivity index (χ0v) is 12.1. The van der Waals surface area contributed by atoms with Crippen molar-refractivity contribution < 1.29 is 4.39 Å². The van der Waals surface area contributed by atoms with Gasteiger partial charge in [-0.25, -0.2) is 4.39 Å². The number of hydrogen-bond acceptors (Lipinski definition) is 1. The first-order valence-corrected chi connectivity index (χ1v) is 7.25. The van der Waals surface area contributed by atoms with Crippen LogP contribution in [0.2, 0.25) is 0 Å². The molecule has 19 heavy (non-hydrogen) atoms. The summed E-state index contributed by atoms with van der Waals surface area (Å²) in [5, 5.41) is 3.51. The SMILES string of the molecule is Fc1cc(Br)cc(CNC2Cc3ccccc3C2)c1. The van der Waals surface area contributed by atoms with Crippen molar-refractivity contribution >= 4 is 15.9 Å². The Morgan fingerprint density at radius 3 is 2.42 bits per heavy atom. The normalized spacial score (nSPS) is 14.6. The maximum atomic E-state index is 13.3. The van der Waals surface area contributed by atoms with Crippen LogP contribution in [0.15, 0.2) is 46.9 Å². The third-order valence-electron chi connectivity index (χ3n) is 3.57. The predicted octanol–water partition coefficient (Wildman–Crippen LogP) is 3.85. The monoisotopic (exact) mass is 319 g/mol. The van der Waals surface area contributed by atoms with E-state index in [0.29, 0.717) is 12.6 Å². The average molecular weight is 320 g/mol. The maximum absolute atomic E-state index is 13.3. The Balaban J connectivity index is 1.62. The van der Waals surface area contributed by atoms with Crippen LogP contribution >= 0.6 is 15.9 Å². The summed E-state index contributed by atoms with van der Waals surface area (Å²) in [5.74, 6) is -0.194. The summed E-state index contributed by atoms with van der Waals surface area (Å²) in [6, 6.07) is 14.0. The minimum atomic E-state index is -0.194. The van der Waals surface area contributed by atoms with E-state index < -0.39 is 0 Å². The van der Waals surface area contributed by atoms with E-state index in [1.165, 1.54) is 17.2 Å². The van der Waals surface area contributed by atoms with Crippen molar-refractivity contribution in [3.05, 3.63) is 69.4 Å². The molecule has 0 amide bonds. The van der Waals surface area contributed by atoms with Gasteiger partial charge in [-0.05, 0) is 47.7 Å². The Kier molecular flexibility index (Phi) is 3.67. The lowest BCUT2D eigenvalue weighted by atomic mass is 10.1. The number of fused-ring (bicyclic) bond motifs is 1. The number of nitrogens with one attached hydrogen (secondary N) is 1. The van der Waals surface area contributed by atoms with Crippen molar-refractivity contribution in [2.24, 2.45) is 0 Å². The third-order valence-corrected chi connectivity index (χ3v) is 4.03. The van der Waals surface area contributed by atoms with Crippen LogP contribution < -0.4 is 5.32 Å². The van der Waals surface area contributed by atoms with Crippen molar-refractivity contribution in [1.29, 1.82) is 0 Å². The van der Waals surface area contributed by atoms with Crippen LogP contribution in [0.5, 0.6) is 0 Å². The molecule has 0 heterocycles. The highest BCUT2D eigenvalue weighted by atomic mass is 79.9. The van der Waals surface area contributed by atoms with Crippen LogP contribution in [0.1, 0.15) is 16.7 Å². The van der Waals surface area contributed by atoms with Crippen LogP contribution in [0.25, 0.3) is 0 Å². The van der Waals surface area contributed by atoms with E-state index in [-0.39, 0.29) is 5.82 Å². The summed E-state index contributed by atoms with van der Waals surface area (Å²) < 4.78 is 14.1. The zero-order chi connectivity index (χ0) is 13.2. The van der Waals surface area contributed by atoms with Gasteiger partial charge in [0.15, 0.2) is 0 Å². The van der Waals surface area contributed by atoms with Gasteiger partial charge in [-0.1, -0.05) is 40.2 Å². The van der Waals surface area contributed by atoms with Gasteiger partial charge in [0.2, 0.25) is 0 Å². The first-order chi connectivity index (χ1) is 9.20. The van der Waals surface area contributed by atoms with E-state index in [1.807, 2.05) is 6.07 Å². The smallest absolute Gasteiger partial charge is 0.124 e. The van der Waals surface area contributed by atoms with Crippen molar-refractivity contribution in [2.45, 2.75) is 25.4 Å². The molecule has 0 spiro atoms. The molecule has 1 nitrogen and oxygen atoms in total. The highest BCUT2D eigenvalue weighted by Crippen LogP contribution is 2.22. The molecule has 1 aliphatic carbocycles. The van der Waals surface area contributed by atoms with Gasteiger partial charge >= 0.3 is 0 Å². The van der Waals surface area contributed by atoms with Gasteiger partial charge in [0.1, 0.15) is 5.82 Å². The van der Waals surface area contributed by atoms with Gasteiger partial charge in [0, 0.05) is 17.1 Å². The highest BCUT2D eigenvalue weighted by molar-refractivity contribution is 9.10. The third kappa shape index (κ3) is 3.04. The largest absolute Gasteiger partial charge is 0.309 e. The van der Waals surface area contributed by atoms with Crippen molar-refractivity contribution in [1.82, 2.24) is 5.32 Å². The Hall–Kier alpha value is -1.19. The van der Waals surface area contributed by atoms with Crippen molar-refractivity contribution in [3.8, 4) is 0 Å². The molecule has 0 fully saturated rings. The molecule has 0 radical (unpaired) electrons. The number of rotatable bonds is 3. The summed E-state index contributed by atoms with van der Waals surface area (Å²) in [4.78, 5) is 0. The Morgan fingerprint density at radius 1 is 1.11 bits per heavy atom. The van der Waals surface area contributed by atoms with Gasteiger partial charge in [-0.3, -0.25) is 0 Å². The highest BCUT2D eigenvalue weighted by Gasteiger charge is 2.20. The first kappa shape index (κ1) is 12.8. The minimum absolute atomic E-state index is 0.194. The van der Waals surface area contributed by atoms with Gasteiger partial charge in [0.05, 0.1) is 0 Å². The van der Waals surface area contributed by atoms with E-state index in [1.54, 1.807) is 6.07 Å². The van der Waals surface area contributed by atoms with Crippen LogP contribution in [-0.2, 0) is 19.4 Å².